The monoisotopic (exact) mass is 323 g/mol. The Labute approximate surface area is 126 Å². The van der Waals surface area contributed by atoms with Gasteiger partial charge < -0.3 is 10.5 Å². The molecule has 8 nitrogen and oxygen atoms in total. The van der Waals surface area contributed by atoms with Gasteiger partial charge in [-0.2, -0.15) is 0 Å². The van der Waals surface area contributed by atoms with Crippen molar-refractivity contribution in [3.05, 3.63) is 52.6 Å². The predicted octanol–water partition coefficient (Wildman–Crippen LogP) is 1.99. The molecule has 22 heavy (non-hydrogen) atoms. The molecule has 0 saturated heterocycles. The van der Waals surface area contributed by atoms with Gasteiger partial charge in [-0.1, -0.05) is 0 Å². The van der Waals surface area contributed by atoms with Crippen molar-refractivity contribution in [3.8, 4) is 5.75 Å². The molecule has 9 heteroatoms. The third-order valence-electron chi connectivity index (χ3n) is 2.84. The van der Waals surface area contributed by atoms with Crippen LogP contribution in [0.3, 0.4) is 0 Å². The zero-order valence-corrected chi connectivity index (χ0v) is 12.3. The van der Waals surface area contributed by atoms with Gasteiger partial charge in [-0.25, -0.2) is 8.42 Å². The third-order valence-corrected chi connectivity index (χ3v) is 4.24. The van der Waals surface area contributed by atoms with Gasteiger partial charge in [0.15, 0.2) is 0 Å². The average molecular weight is 323 g/mol. The number of hydrogen-bond donors (Lipinski definition) is 2. The van der Waals surface area contributed by atoms with E-state index in [0.717, 1.165) is 24.3 Å². The minimum absolute atomic E-state index is 0.0903. The molecule has 0 radical (unpaired) electrons. The van der Waals surface area contributed by atoms with Crippen LogP contribution >= 0.6 is 0 Å². The number of nitrogens with one attached hydrogen (secondary N) is 1. The molecule has 2 aromatic rings. The van der Waals surface area contributed by atoms with Crippen LogP contribution in [-0.4, -0.2) is 20.5 Å². The van der Waals surface area contributed by atoms with Crippen molar-refractivity contribution in [2.75, 3.05) is 17.6 Å². The van der Waals surface area contributed by atoms with E-state index in [4.69, 9.17) is 10.5 Å². The fourth-order valence-corrected chi connectivity index (χ4v) is 2.81. The quantitative estimate of drug-likeness (QED) is 0.492. The van der Waals surface area contributed by atoms with E-state index in [-0.39, 0.29) is 22.0 Å². The number of anilines is 2. The normalized spacial score (nSPS) is 11.0. The number of hydrogen-bond acceptors (Lipinski definition) is 6. The number of nitro benzene ring substituents is 1. The molecule has 0 atom stereocenters. The van der Waals surface area contributed by atoms with Gasteiger partial charge in [0.25, 0.3) is 15.7 Å². The number of nitrogens with two attached hydrogens (primary N) is 1. The summed E-state index contributed by atoms with van der Waals surface area (Å²) in [6.45, 7) is 0. The first-order valence-corrected chi connectivity index (χ1v) is 7.52. The zero-order valence-electron chi connectivity index (χ0n) is 11.5. The van der Waals surface area contributed by atoms with E-state index >= 15 is 0 Å². The summed E-state index contributed by atoms with van der Waals surface area (Å²) in [4.78, 5) is 9.87. The molecule has 0 aliphatic carbocycles. The van der Waals surface area contributed by atoms with E-state index in [0.29, 0.717) is 5.75 Å². The van der Waals surface area contributed by atoms with Gasteiger partial charge in [0.2, 0.25) is 0 Å². The molecule has 0 spiro atoms. The molecular weight excluding hydrogens is 310 g/mol. The Morgan fingerprint density at radius 3 is 2.32 bits per heavy atom. The van der Waals surface area contributed by atoms with E-state index in [1.807, 2.05) is 0 Å². The van der Waals surface area contributed by atoms with Crippen LogP contribution in [0.2, 0.25) is 0 Å². The van der Waals surface area contributed by atoms with Crippen LogP contribution in [0, 0.1) is 10.1 Å². The molecule has 116 valence electrons. The lowest BCUT2D eigenvalue weighted by Gasteiger charge is -2.10. The molecule has 2 rings (SSSR count). The van der Waals surface area contributed by atoms with Gasteiger partial charge in [-0.15, -0.1) is 0 Å². The number of benzene rings is 2. The number of methoxy groups -OCH3 is 1. The molecule has 0 bridgehead atoms. The van der Waals surface area contributed by atoms with E-state index in [1.165, 1.54) is 25.3 Å². The van der Waals surface area contributed by atoms with Gasteiger partial charge in [-0.05, 0) is 30.3 Å². The summed E-state index contributed by atoms with van der Waals surface area (Å²) in [5.41, 5.74) is 6.06. The number of ether oxygens (including phenoxy) is 1. The highest BCUT2D eigenvalue weighted by Crippen LogP contribution is 2.26. The fourth-order valence-electron chi connectivity index (χ4n) is 1.76. The Bertz CT molecular complexity index is 803. The second kappa shape index (κ2) is 5.90. The first kappa shape index (κ1) is 15.6. The molecule has 0 amide bonds. The molecule has 0 aromatic heterocycles. The lowest BCUT2D eigenvalue weighted by molar-refractivity contribution is -0.384. The maximum Gasteiger partial charge on any atom is 0.269 e. The third kappa shape index (κ3) is 3.26. The summed E-state index contributed by atoms with van der Waals surface area (Å²) in [6, 6.07) is 9.01. The number of rotatable bonds is 5. The van der Waals surface area contributed by atoms with Crippen LogP contribution in [-0.2, 0) is 10.0 Å². The highest BCUT2D eigenvalue weighted by Gasteiger charge is 2.16. The maximum absolute atomic E-state index is 12.2. The van der Waals surface area contributed by atoms with Gasteiger partial charge in [0, 0.05) is 12.1 Å². The van der Waals surface area contributed by atoms with Crippen LogP contribution in [0.25, 0.3) is 0 Å². The van der Waals surface area contributed by atoms with E-state index in [2.05, 4.69) is 4.72 Å². The summed E-state index contributed by atoms with van der Waals surface area (Å²) in [5, 5.41) is 10.6. The maximum atomic E-state index is 12.2. The van der Waals surface area contributed by atoms with E-state index in [9.17, 15) is 18.5 Å². The van der Waals surface area contributed by atoms with Crippen molar-refractivity contribution in [1.29, 1.82) is 0 Å². The molecule has 0 fully saturated rings. The number of nitrogens with zero attached hydrogens (tertiary/aromatic N) is 1. The molecule has 0 saturated carbocycles. The van der Waals surface area contributed by atoms with Crippen molar-refractivity contribution in [2.24, 2.45) is 0 Å². The van der Waals surface area contributed by atoms with Crippen LogP contribution < -0.4 is 15.2 Å². The second-order valence-corrected chi connectivity index (χ2v) is 6.00. The summed E-state index contributed by atoms with van der Waals surface area (Å²) in [5.74, 6) is 0.429. The largest absolute Gasteiger partial charge is 0.495 e. The summed E-state index contributed by atoms with van der Waals surface area (Å²) in [6.07, 6.45) is 0. The Morgan fingerprint density at radius 2 is 1.82 bits per heavy atom. The van der Waals surface area contributed by atoms with E-state index in [1.54, 1.807) is 0 Å². The standard InChI is InChI=1S/C13H13N3O5S/c1-21-13-7-2-9(8-12(13)14)15-22(19,20)11-5-3-10(4-6-11)16(17)18/h2-8,15H,14H2,1H3. The Morgan fingerprint density at radius 1 is 1.18 bits per heavy atom. The highest BCUT2D eigenvalue weighted by atomic mass is 32.2. The molecule has 0 aliphatic heterocycles. The van der Waals surface area contributed by atoms with Crippen LogP contribution in [0.1, 0.15) is 0 Å². The van der Waals surface area contributed by atoms with Gasteiger partial charge >= 0.3 is 0 Å². The van der Waals surface area contributed by atoms with Gasteiger partial charge in [0.1, 0.15) is 5.75 Å². The Hall–Kier alpha value is -2.81. The fraction of sp³-hybridized carbons (Fsp3) is 0.0769. The number of non-ortho nitro benzene ring substituents is 1. The van der Waals surface area contributed by atoms with Crippen LogP contribution in [0.5, 0.6) is 5.75 Å². The smallest absolute Gasteiger partial charge is 0.269 e. The van der Waals surface area contributed by atoms with Crippen LogP contribution in [0.4, 0.5) is 17.1 Å². The Balaban J connectivity index is 2.27. The lowest BCUT2D eigenvalue weighted by atomic mass is 10.2. The van der Waals surface area contributed by atoms with Crippen molar-refractivity contribution in [1.82, 2.24) is 0 Å². The van der Waals surface area contributed by atoms with Crippen molar-refractivity contribution in [2.45, 2.75) is 4.90 Å². The minimum Gasteiger partial charge on any atom is -0.495 e. The zero-order chi connectivity index (χ0) is 16.3. The summed E-state index contributed by atoms with van der Waals surface area (Å²) < 4.78 is 31.7. The first-order chi connectivity index (χ1) is 10.3. The van der Waals surface area contributed by atoms with Gasteiger partial charge in [0.05, 0.1) is 28.3 Å². The molecular formula is C13H13N3O5S. The van der Waals surface area contributed by atoms with Gasteiger partial charge in [-0.3, -0.25) is 14.8 Å². The number of nitro groups is 1. The van der Waals surface area contributed by atoms with Crippen molar-refractivity contribution in [3.63, 3.8) is 0 Å². The number of sulfonamides is 1. The molecule has 0 aliphatic rings. The topological polar surface area (TPSA) is 125 Å². The predicted molar refractivity (Wildman–Crippen MR) is 81.3 cm³/mol. The average Bonchev–Trinajstić information content (AvgIpc) is 2.47. The minimum atomic E-state index is -3.86. The lowest BCUT2D eigenvalue weighted by Crippen LogP contribution is -2.13. The molecule has 3 N–H and O–H groups in total. The van der Waals surface area contributed by atoms with Crippen molar-refractivity contribution >= 4 is 27.1 Å². The second-order valence-electron chi connectivity index (χ2n) is 4.31. The first-order valence-electron chi connectivity index (χ1n) is 6.04. The molecule has 0 unspecified atom stereocenters. The molecule has 2 aromatic carbocycles. The Kier molecular flexibility index (Phi) is 4.18. The van der Waals surface area contributed by atoms with Crippen molar-refractivity contribution < 1.29 is 18.1 Å². The highest BCUT2D eigenvalue weighted by molar-refractivity contribution is 7.92. The number of nitrogen functional groups attached to an aromatic ring is 1. The summed E-state index contributed by atoms with van der Waals surface area (Å²) in [7, 11) is -2.41. The summed E-state index contributed by atoms with van der Waals surface area (Å²) >= 11 is 0. The van der Waals surface area contributed by atoms with Crippen LogP contribution in [0.15, 0.2) is 47.4 Å². The SMILES string of the molecule is COc1ccc(NS(=O)(=O)c2ccc([N+](=O)[O-])cc2)cc1N. The van der Waals surface area contributed by atoms with E-state index < -0.39 is 14.9 Å². The molecule has 0 heterocycles.